The average molecular weight is 291 g/mol. The molecule has 7 nitrogen and oxygen atoms in total. The van der Waals surface area contributed by atoms with Gasteiger partial charge in [-0.1, -0.05) is 5.21 Å². The van der Waals surface area contributed by atoms with Crippen molar-refractivity contribution < 1.29 is 9.84 Å². The Hall–Kier alpha value is -2.15. The SMILES string of the molecule is CC(C)Oc1ncccc1NCc1cn(CCCO)nn1. The number of ether oxygens (including phenoxy) is 1. The van der Waals surface area contributed by atoms with Crippen LogP contribution in [0.15, 0.2) is 24.5 Å². The summed E-state index contributed by atoms with van der Waals surface area (Å²) in [7, 11) is 0. The molecule has 0 aliphatic carbocycles. The van der Waals surface area contributed by atoms with E-state index in [9.17, 15) is 0 Å². The Labute approximate surface area is 124 Å². The van der Waals surface area contributed by atoms with Crippen molar-refractivity contribution in [2.24, 2.45) is 0 Å². The van der Waals surface area contributed by atoms with Gasteiger partial charge in [-0.25, -0.2) is 4.98 Å². The molecule has 0 aliphatic heterocycles. The Morgan fingerprint density at radius 3 is 3.05 bits per heavy atom. The molecule has 2 heterocycles. The van der Waals surface area contributed by atoms with Crippen LogP contribution in [-0.2, 0) is 13.1 Å². The van der Waals surface area contributed by atoms with Gasteiger partial charge in [-0.2, -0.15) is 0 Å². The first-order valence-corrected chi connectivity index (χ1v) is 7.04. The summed E-state index contributed by atoms with van der Waals surface area (Å²) in [5, 5.41) is 20.1. The summed E-state index contributed by atoms with van der Waals surface area (Å²) in [4.78, 5) is 4.22. The maximum Gasteiger partial charge on any atom is 0.237 e. The summed E-state index contributed by atoms with van der Waals surface area (Å²) in [6.07, 6.45) is 4.31. The molecule has 0 aromatic carbocycles. The lowest BCUT2D eigenvalue weighted by molar-refractivity contribution is 0.234. The van der Waals surface area contributed by atoms with E-state index in [4.69, 9.17) is 9.84 Å². The van der Waals surface area contributed by atoms with E-state index in [1.54, 1.807) is 10.9 Å². The van der Waals surface area contributed by atoms with E-state index in [1.165, 1.54) is 0 Å². The molecule has 0 saturated carbocycles. The van der Waals surface area contributed by atoms with Crippen LogP contribution in [0, 0.1) is 0 Å². The molecular weight excluding hydrogens is 270 g/mol. The first kappa shape index (κ1) is 15.2. The third-order valence-corrected chi connectivity index (χ3v) is 2.71. The average Bonchev–Trinajstić information content (AvgIpc) is 2.91. The minimum Gasteiger partial charge on any atom is -0.473 e. The number of hydrogen-bond donors (Lipinski definition) is 2. The molecule has 0 bridgehead atoms. The normalized spacial score (nSPS) is 10.9. The quantitative estimate of drug-likeness (QED) is 0.766. The van der Waals surface area contributed by atoms with E-state index < -0.39 is 0 Å². The summed E-state index contributed by atoms with van der Waals surface area (Å²) in [5.41, 5.74) is 1.66. The number of aliphatic hydroxyl groups is 1. The lowest BCUT2D eigenvalue weighted by atomic mass is 10.3. The van der Waals surface area contributed by atoms with Crippen LogP contribution in [0.3, 0.4) is 0 Å². The van der Waals surface area contributed by atoms with Gasteiger partial charge in [-0.3, -0.25) is 4.68 Å². The Morgan fingerprint density at radius 1 is 1.43 bits per heavy atom. The van der Waals surface area contributed by atoms with Gasteiger partial charge in [0.25, 0.3) is 0 Å². The fraction of sp³-hybridized carbons (Fsp3) is 0.500. The van der Waals surface area contributed by atoms with Crippen LogP contribution in [0.5, 0.6) is 5.88 Å². The van der Waals surface area contributed by atoms with Crippen LogP contribution >= 0.6 is 0 Å². The molecule has 0 amide bonds. The molecule has 0 atom stereocenters. The van der Waals surface area contributed by atoms with Gasteiger partial charge in [0.05, 0.1) is 24.5 Å². The van der Waals surface area contributed by atoms with Crippen molar-refractivity contribution >= 4 is 5.69 Å². The van der Waals surface area contributed by atoms with Crippen molar-refractivity contribution in [3.63, 3.8) is 0 Å². The number of pyridine rings is 1. The third-order valence-electron chi connectivity index (χ3n) is 2.71. The van der Waals surface area contributed by atoms with Gasteiger partial charge < -0.3 is 15.2 Å². The monoisotopic (exact) mass is 291 g/mol. The highest BCUT2D eigenvalue weighted by Crippen LogP contribution is 2.22. The highest BCUT2D eigenvalue weighted by Gasteiger charge is 2.07. The van der Waals surface area contributed by atoms with Crippen LogP contribution in [0.25, 0.3) is 0 Å². The second-order valence-corrected chi connectivity index (χ2v) is 4.93. The molecule has 0 spiro atoms. The number of rotatable bonds is 8. The molecule has 2 aromatic rings. The van der Waals surface area contributed by atoms with Crippen LogP contribution in [-0.4, -0.2) is 37.8 Å². The lowest BCUT2D eigenvalue weighted by Gasteiger charge is -2.13. The molecule has 0 radical (unpaired) electrons. The topological polar surface area (TPSA) is 85.1 Å². The fourth-order valence-corrected chi connectivity index (χ4v) is 1.79. The maximum atomic E-state index is 8.79. The summed E-state index contributed by atoms with van der Waals surface area (Å²) in [6, 6.07) is 3.77. The lowest BCUT2D eigenvalue weighted by Crippen LogP contribution is -2.10. The number of nitrogens with zero attached hydrogens (tertiary/aromatic N) is 4. The Bertz CT molecular complexity index is 556. The second kappa shape index (κ2) is 7.58. The van der Waals surface area contributed by atoms with Gasteiger partial charge in [-0.05, 0) is 32.4 Å². The van der Waals surface area contributed by atoms with Crippen molar-refractivity contribution in [3.05, 3.63) is 30.2 Å². The zero-order valence-corrected chi connectivity index (χ0v) is 12.4. The first-order valence-electron chi connectivity index (χ1n) is 7.04. The van der Waals surface area contributed by atoms with Crippen molar-refractivity contribution in [3.8, 4) is 5.88 Å². The van der Waals surface area contributed by atoms with Crippen molar-refractivity contribution in [1.82, 2.24) is 20.0 Å². The third kappa shape index (κ3) is 4.71. The summed E-state index contributed by atoms with van der Waals surface area (Å²) >= 11 is 0. The number of aromatic nitrogens is 4. The molecule has 2 rings (SSSR count). The van der Waals surface area contributed by atoms with Crippen LogP contribution in [0.1, 0.15) is 26.0 Å². The highest BCUT2D eigenvalue weighted by atomic mass is 16.5. The van der Waals surface area contributed by atoms with E-state index in [1.807, 2.05) is 32.2 Å². The molecule has 2 aromatic heterocycles. The van der Waals surface area contributed by atoms with E-state index in [2.05, 4.69) is 20.6 Å². The van der Waals surface area contributed by atoms with Gasteiger partial charge in [0.1, 0.15) is 5.69 Å². The standard InChI is InChI=1S/C14H21N5O2/c1-11(2)21-14-13(5-3-6-15-14)16-9-12-10-19(18-17-12)7-4-8-20/h3,5-6,10-11,16,20H,4,7-9H2,1-2H3. The van der Waals surface area contributed by atoms with Crippen molar-refractivity contribution in [2.75, 3.05) is 11.9 Å². The zero-order chi connectivity index (χ0) is 15.1. The molecule has 0 aliphatic rings. The van der Waals surface area contributed by atoms with Crippen LogP contribution in [0.4, 0.5) is 5.69 Å². The Kier molecular flexibility index (Phi) is 5.51. The van der Waals surface area contributed by atoms with E-state index in [0.29, 0.717) is 25.4 Å². The molecule has 0 unspecified atom stereocenters. The molecular formula is C14H21N5O2. The van der Waals surface area contributed by atoms with E-state index in [0.717, 1.165) is 11.4 Å². The second-order valence-electron chi connectivity index (χ2n) is 4.93. The predicted octanol–water partition coefficient (Wildman–Crippen LogP) is 1.45. The van der Waals surface area contributed by atoms with Crippen LogP contribution in [0.2, 0.25) is 0 Å². The largest absolute Gasteiger partial charge is 0.473 e. The Balaban J connectivity index is 1.95. The van der Waals surface area contributed by atoms with Crippen molar-refractivity contribution in [2.45, 2.75) is 39.5 Å². The number of nitrogens with one attached hydrogen (secondary N) is 1. The predicted molar refractivity (Wildman–Crippen MR) is 79.1 cm³/mol. The van der Waals surface area contributed by atoms with E-state index >= 15 is 0 Å². The molecule has 7 heteroatoms. The summed E-state index contributed by atoms with van der Waals surface area (Å²) in [5.74, 6) is 0.583. The van der Waals surface area contributed by atoms with Crippen LogP contribution < -0.4 is 10.1 Å². The van der Waals surface area contributed by atoms with Gasteiger partial charge in [0.15, 0.2) is 0 Å². The smallest absolute Gasteiger partial charge is 0.237 e. The number of aryl methyl sites for hydroxylation is 1. The molecule has 2 N–H and O–H groups in total. The van der Waals surface area contributed by atoms with Gasteiger partial charge in [-0.15, -0.1) is 5.10 Å². The van der Waals surface area contributed by atoms with Crippen molar-refractivity contribution in [1.29, 1.82) is 0 Å². The molecule has 114 valence electrons. The molecule has 0 saturated heterocycles. The summed E-state index contributed by atoms with van der Waals surface area (Å²) < 4.78 is 7.37. The Morgan fingerprint density at radius 2 is 2.29 bits per heavy atom. The molecule has 21 heavy (non-hydrogen) atoms. The first-order chi connectivity index (χ1) is 10.2. The minimum atomic E-state index is 0.0693. The fourth-order valence-electron chi connectivity index (χ4n) is 1.79. The number of anilines is 1. The van der Waals surface area contributed by atoms with Gasteiger partial charge in [0.2, 0.25) is 5.88 Å². The number of aliphatic hydroxyl groups excluding tert-OH is 1. The van der Waals surface area contributed by atoms with Gasteiger partial charge >= 0.3 is 0 Å². The minimum absolute atomic E-state index is 0.0693. The van der Waals surface area contributed by atoms with E-state index in [-0.39, 0.29) is 12.7 Å². The molecule has 0 fully saturated rings. The van der Waals surface area contributed by atoms with Gasteiger partial charge in [0, 0.05) is 19.3 Å². The number of hydrogen-bond acceptors (Lipinski definition) is 6. The maximum absolute atomic E-state index is 8.79. The highest BCUT2D eigenvalue weighted by molar-refractivity contribution is 5.52. The zero-order valence-electron chi connectivity index (χ0n) is 12.4. The summed E-state index contributed by atoms with van der Waals surface area (Å²) in [6.45, 7) is 5.28.